The van der Waals surface area contributed by atoms with Crippen LogP contribution >= 0.6 is 0 Å². The molecule has 0 bridgehead atoms. The summed E-state index contributed by atoms with van der Waals surface area (Å²) in [4.78, 5) is 16.2. The highest BCUT2D eigenvalue weighted by Gasteiger charge is 2.16. The number of hydrogen-bond acceptors (Lipinski definition) is 5. The first-order valence-electron chi connectivity index (χ1n) is 6.82. The zero-order valence-corrected chi connectivity index (χ0v) is 11.4. The van der Waals surface area contributed by atoms with E-state index in [0.29, 0.717) is 23.7 Å². The Morgan fingerprint density at radius 1 is 1.55 bits per heavy atom. The van der Waals surface area contributed by atoms with Crippen LogP contribution in [0.4, 0.5) is 0 Å². The number of carbonyl (C=O) groups excluding carboxylic acids is 1. The van der Waals surface area contributed by atoms with E-state index in [1.165, 1.54) is 6.20 Å². The average Bonchev–Trinajstić information content (AvgIpc) is 2.87. The first kappa shape index (κ1) is 13.1. The van der Waals surface area contributed by atoms with E-state index in [1.54, 1.807) is 6.07 Å². The van der Waals surface area contributed by atoms with Gasteiger partial charge in [-0.1, -0.05) is 5.16 Å². The molecular weight excluding hydrogens is 258 g/mol. The Morgan fingerprint density at radius 3 is 3.25 bits per heavy atom. The predicted octanol–water partition coefficient (Wildman–Crippen LogP) is 1.69. The molecule has 20 heavy (non-hydrogen) atoms. The Hall–Kier alpha value is -1.95. The third-order valence-corrected chi connectivity index (χ3v) is 3.58. The molecule has 1 fully saturated rings. The van der Waals surface area contributed by atoms with Crippen LogP contribution in [0.2, 0.25) is 0 Å². The van der Waals surface area contributed by atoms with Gasteiger partial charge in [-0.2, -0.15) is 0 Å². The maximum atomic E-state index is 12.1. The summed E-state index contributed by atoms with van der Waals surface area (Å²) < 4.78 is 10.4. The van der Waals surface area contributed by atoms with Crippen LogP contribution in [0.1, 0.15) is 28.9 Å². The SMILES string of the molecule is Cc1noc2ncc(C(=O)NC[C@H]3CCCOC3)cc12. The van der Waals surface area contributed by atoms with Gasteiger partial charge in [-0.05, 0) is 31.7 Å². The molecule has 1 N–H and O–H groups in total. The predicted molar refractivity (Wildman–Crippen MR) is 72.4 cm³/mol. The monoisotopic (exact) mass is 275 g/mol. The minimum Gasteiger partial charge on any atom is -0.381 e. The Labute approximate surface area is 116 Å². The molecule has 0 saturated carbocycles. The molecule has 0 spiro atoms. The van der Waals surface area contributed by atoms with Crippen LogP contribution in [-0.2, 0) is 4.74 Å². The molecule has 0 radical (unpaired) electrons. The largest absolute Gasteiger partial charge is 0.381 e. The second kappa shape index (κ2) is 5.58. The first-order chi connectivity index (χ1) is 9.74. The number of nitrogens with one attached hydrogen (secondary N) is 1. The van der Waals surface area contributed by atoms with E-state index in [0.717, 1.165) is 37.1 Å². The van der Waals surface area contributed by atoms with Crippen molar-refractivity contribution in [2.24, 2.45) is 5.92 Å². The molecule has 2 aromatic rings. The number of aromatic nitrogens is 2. The van der Waals surface area contributed by atoms with Crippen LogP contribution in [0, 0.1) is 12.8 Å². The van der Waals surface area contributed by atoms with Crippen molar-refractivity contribution in [2.45, 2.75) is 19.8 Å². The molecule has 0 unspecified atom stereocenters. The minimum atomic E-state index is -0.120. The number of ether oxygens (including phenoxy) is 1. The smallest absolute Gasteiger partial charge is 0.257 e. The van der Waals surface area contributed by atoms with Gasteiger partial charge in [0.2, 0.25) is 0 Å². The fourth-order valence-electron chi connectivity index (χ4n) is 2.38. The molecular formula is C14H17N3O3. The minimum absolute atomic E-state index is 0.120. The lowest BCUT2D eigenvalue weighted by Gasteiger charge is -2.22. The highest BCUT2D eigenvalue weighted by atomic mass is 16.5. The molecule has 0 aromatic carbocycles. The van der Waals surface area contributed by atoms with Crippen LogP contribution in [0.15, 0.2) is 16.8 Å². The fraction of sp³-hybridized carbons (Fsp3) is 0.500. The van der Waals surface area contributed by atoms with Crippen LogP contribution in [0.3, 0.4) is 0 Å². The lowest BCUT2D eigenvalue weighted by Crippen LogP contribution is -2.33. The van der Waals surface area contributed by atoms with Crippen molar-refractivity contribution in [3.8, 4) is 0 Å². The topological polar surface area (TPSA) is 77.2 Å². The number of fused-ring (bicyclic) bond motifs is 1. The summed E-state index contributed by atoms with van der Waals surface area (Å²) in [6, 6.07) is 1.76. The van der Waals surface area contributed by atoms with Gasteiger partial charge in [0.1, 0.15) is 0 Å². The second-order valence-corrected chi connectivity index (χ2v) is 5.14. The molecule has 1 atom stereocenters. The molecule has 106 valence electrons. The number of carbonyl (C=O) groups is 1. The normalized spacial score (nSPS) is 19.1. The van der Waals surface area contributed by atoms with Crippen LogP contribution in [0.25, 0.3) is 11.1 Å². The van der Waals surface area contributed by atoms with E-state index in [2.05, 4.69) is 15.5 Å². The van der Waals surface area contributed by atoms with Gasteiger partial charge in [-0.25, -0.2) is 4.98 Å². The van der Waals surface area contributed by atoms with Gasteiger partial charge in [-0.15, -0.1) is 0 Å². The van der Waals surface area contributed by atoms with Crippen molar-refractivity contribution >= 4 is 17.0 Å². The van der Waals surface area contributed by atoms with Gasteiger partial charge in [0, 0.05) is 19.3 Å². The second-order valence-electron chi connectivity index (χ2n) is 5.14. The molecule has 1 aliphatic rings. The number of nitrogens with zero attached hydrogens (tertiary/aromatic N) is 2. The van der Waals surface area contributed by atoms with E-state index in [-0.39, 0.29) is 5.91 Å². The molecule has 0 aliphatic carbocycles. The third kappa shape index (κ3) is 2.65. The van der Waals surface area contributed by atoms with Gasteiger partial charge in [0.25, 0.3) is 11.6 Å². The summed E-state index contributed by atoms with van der Waals surface area (Å²) in [5.74, 6) is 0.285. The quantitative estimate of drug-likeness (QED) is 0.922. The standard InChI is InChI=1S/C14H17N3O3/c1-9-12-5-11(7-16-14(12)20-17-9)13(18)15-6-10-3-2-4-19-8-10/h5,7,10H,2-4,6,8H2,1H3,(H,15,18)/t10-/m1/s1. The highest BCUT2D eigenvalue weighted by Crippen LogP contribution is 2.17. The molecule has 6 nitrogen and oxygen atoms in total. The molecule has 6 heteroatoms. The number of hydrogen-bond donors (Lipinski definition) is 1. The van der Waals surface area contributed by atoms with E-state index >= 15 is 0 Å². The average molecular weight is 275 g/mol. The Bertz CT molecular complexity index is 617. The van der Waals surface area contributed by atoms with E-state index in [9.17, 15) is 4.79 Å². The van der Waals surface area contributed by atoms with Gasteiger partial charge >= 0.3 is 0 Å². The summed E-state index contributed by atoms with van der Waals surface area (Å²) in [6.45, 7) is 4.02. The molecule has 1 saturated heterocycles. The number of rotatable bonds is 3. The fourth-order valence-corrected chi connectivity index (χ4v) is 2.38. The summed E-state index contributed by atoms with van der Waals surface area (Å²) in [5, 5.41) is 7.54. The number of pyridine rings is 1. The molecule has 1 aliphatic heterocycles. The van der Waals surface area contributed by atoms with Crippen LogP contribution in [0.5, 0.6) is 0 Å². The van der Waals surface area contributed by atoms with Crippen molar-refractivity contribution in [3.05, 3.63) is 23.5 Å². The lowest BCUT2D eigenvalue weighted by atomic mass is 10.0. The van der Waals surface area contributed by atoms with Gasteiger partial charge in [0.15, 0.2) is 0 Å². The van der Waals surface area contributed by atoms with E-state index in [4.69, 9.17) is 9.26 Å². The molecule has 1 amide bonds. The van der Waals surface area contributed by atoms with E-state index in [1.807, 2.05) is 6.92 Å². The zero-order valence-electron chi connectivity index (χ0n) is 11.4. The maximum Gasteiger partial charge on any atom is 0.257 e. The Kier molecular flexibility index (Phi) is 3.64. The highest BCUT2D eigenvalue weighted by molar-refractivity contribution is 5.96. The Morgan fingerprint density at radius 2 is 2.45 bits per heavy atom. The molecule has 3 heterocycles. The lowest BCUT2D eigenvalue weighted by molar-refractivity contribution is 0.0536. The van der Waals surface area contributed by atoms with Crippen molar-refractivity contribution in [1.29, 1.82) is 0 Å². The molecule has 2 aromatic heterocycles. The summed E-state index contributed by atoms with van der Waals surface area (Å²) in [7, 11) is 0. The maximum absolute atomic E-state index is 12.1. The van der Waals surface area contributed by atoms with Crippen LogP contribution < -0.4 is 5.32 Å². The van der Waals surface area contributed by atoms with Crippen molar-refractivity contribution in [1.82, 2.24) is 15.5 Å². The van der Waals surface area contributed by atoms with Gasteiger partial charge < -0.3 is 14.6 Å². The summed E-state index contributed by atoms with van der Waals surface area (Å²) in [6.07, 6.45) is 3.68. The first-order valence-corrected chi connectivity index (χ1v) is 6.82. The third-order valence-electron chi connectivity index (χ3n) is 3.58. The number of amides is 1. The van der Waals surface area contributed by atoms with Gasteiger partial charge in [-0.3, -0.25) is 4.79 Å². The molecule has 3 rings (SSSR count). The van der Waals surface area contributed by atoms with E-state index < -0.39 is 0 Å². The Balaban J connectivity index is 1.67. The summed E-state index contributed by atoms with van der Waals surface area (Å²) >= 11 is 0. The summed E-state index contributed by atoms with van der Waals surface area (Å²) in [5.41, 5.74) is 1.73. The van der Waals surface area contributed by atoms with Crippen molar-refractivity contribution in [3.63, 3.8) is 0 Å². The number of aryl methyl sites for hydroxylation is 1. The van der Waals surface area contributed by atoms with Crippen molar-refractivity contribution in [2.75, 3.05) is 19.8 Å². The van der Waals surface area contributed by atoms with Gasteiger partial charge in [0.05, 0.1) is 23.3 Å². The van der Waals surface area contributed by atoms with Crippen LogP contribution in [-0.4, -0.2) is 35.8 Å². The zero-order chi connectivity index (χ0) is 13.9. The van der Waals surface area contributed by atoms with Crippen molar-refractivity contribution < 1.29 is 14.1 Å².